The van der Waals surface area contributed by atoms with Gasteiger partial charge in [-0.15, -0.1) is 0 Å². The van der Waals surface area contributed by atoms with E-state index in [1.807, 2.05) is 0 Å². The monoisotopic (exact) mass is 244 g/mol. The first-order valence-corrected chi connectivity index (χ1v) is 6.61. The Morgan fingerprint density at radius 3 is 3.11 bits per heavy atom. The Bertz CT molecular complexity index is 546. The lowest BCUT2D eigenvalue weighted by molar-refractivity contribution is 0.198. The molecule has 3 heterocycles. The van der Waals surface area contributed by atoms with Crippen LogP contribution in [0.5, 0.6) is 0 Å². The average molecular weight is 244 g/mol. The summed E-state index contributed by atoms with van der Waals surface area (Å²) >= 11 is 0. The number of piperazine rings is 1. The zero-order chi connectivity index (χ0) is 12.5. The zero-order valence-electron chi connectivity index (χ0n) is 11.1. The lowest BCUT2D eigenvalue weighted by Gasteiger charge is -2.31. The van der Waals surface area contributed by atoms with Crippen LogP contribution in [-0.4, -0.2) is 40.0 Å². The third-order valence-electron chi connectivity index (χ3n) is 3.49. The summed E-state index contributed by atoms with van der Waals surface area (Å²) in [5, 5.41) is 3.46. The summed E-state index contributed by atoms with van der Waals surface area (Å²) in [6.07, 6.45) is 4.28. The van der Waals surface area contributed by atoms with E-state index in [1.165, 1.54) is 5.56 Å². The minimum absolute atomic E-state index is 0.582. The van der Waals surface area contributed by atoms with Gasteiger partial charge >= 0.3 is 0 Å². The molecule has 18 heavy (non-hydrogen) atoms. The summed E-state index contributed by atoms with van der Waals surface area (Å²) in [6.45, 7) is 8.58. The average Bonchev–Trinajstić information content (AvgIpc) is 2.70. The summed E-state index contributed by atoms with van der Waals surface area (Å²) in [7, 11) is 0. The van der Waals surface area contributed by atoms with E-state index in [-0.39, 0.29) is 0 Å². The molecule has 0 bridgehead atoms. The summed E-state index contributed by atoms with van der Waals surface area (Å²) < 4.78 is 2.12. The van der Waals surface area contributed by atoms with Gasteiger partial charge in [-0.25, -0.2) is 4.98 Å². The van der Waals surface area contributed by atoms with Crippen LogP contribution >= 0.6 is 0 Å². The van der Waals surface area contributed by atoms with Crippen LogP contribution in [0.1, 0.15) is 18.2 Å². The maximum atomic E-state index is 4.67. The van der Waals surface area contributed by atoms with Crippen molar-refractivity contribution in [2.24, 2.45) is 0 Å². The van der Waals surface area contributed by atoms with Gasteiger partial charge in [0.2, 0.25) is 0 Å². The number of hydrogen-bond acceptors (Lipinski definition) is 3. The van der Waals surface area contributed by atoms with Crippen LogP contribution in [-0.2, 0) is 6.54 Å². The number of nitrogens with one attached hydrogen (secondary N) is 1. The van der Waals surface area contributed by atoms with Crippen LogP contribution in [0.2, 0.25) is 0 Å². The number of aromatic nitrogens is 2. The van der Waals surface area contributed by atoms with E-state index < -0.39 is 0 Å². The molecule has 1 saturated heterocycles. The predicted octanol–water partition coefficient (Wildman–Crippen LogP) is 1.44. The minimum Gasteiger partial charge on any atom is -0.312 e. The standard InChI is InChI=1S/C14H20N4/c1-11-3-4-14-16-13(10-18(14)7-11)9-17-6-5-15-12(2)8-17/h3-4,7,10,12,15H,5-6,8-9H2,1-2H3. The van der Waals surface area contributed by atoms with Gasteiger partial charge in [0.15, 0.2) is 0 Å². The van der Waals surface area contributed by atoms with E-state index in [4.69, 9.17) is 0 Å². The molecular formula is C14H20N4. The van der Waals surface area contributed by atoms with Gasteiger partial charge in [0.05, 0.1) is 5.69 Å². The van der Waals surface area contributed by atoms with Crippen molar-refractivity contribution in [3.05, 3.63) is 35.8 Å². The number of nitrogens with zero attached hydrogens (tertiary/aromatic N) is 3. The fourth-order valence-electron chi connectivity index (χ4n) is 2.62. The van der Waals surface area contributed by atoms with E-state index in [2.05, 4.69) is 58.0 Å². The normalized spacial score (nSPS) is 21.6. The first-order valence-electron chi connectivity index (χ1n) is 6.61. The molecule has 1 N–H and O–H groups in total. The maximum absolute atomic E-state index is 4.67. The van der Waals surface area contributed by atoms with Gasteiger partial charge in [0.25, 0.3) is 0 Å². The molecule has 2 aromatic heterocycles. The van der Waals surface area contributed by atoms with Gasteiger partial charge in [-0.2, -0.15) is 0 Å². The fourth-order valence-corrected chi connectivity index (χ4v) is 2.62. The Balaban J connectivity index is 1.78. The van der Waals surface area contributed by atoms with E-state index >= 15 is 0 Å². The van der Waals surface area contributed by atoms with Crippen LogP contribution in [0.15, 0.2) is 24.5 Å². The van der Waals surface area contributed by atoms with E-state index in [0.29, 0.717) is 6.04 Å². The second-order valence-corrected chi connectivity index (χ2v) is 5.29. The molecule has 3 rings (SSSR count). The first kappa shape index (κ1) is 11.7. The molecule has 0 spiro atoms. The SMILES string of the molecule is Cc1ccc2nc(CN3CCNC(C)C3)cn2c1. The molecule has 4 nitrogen and oxygen atoms in total. The third kappa shape index (κ3) is 2.40. The Morgan fingerprint density at radius 2 is 2.28 bits per heavy atom. The van der Waals surface area contributed by atoms with Crippen molar-refractivity contribution in [2.45, 2.75) is 26.4 Å². The second-order valence-electron chi connectivity index (χ2n) is 5.29. The van der Waals surface area contributed by atoms with Crippen molar-refractivity contribution >= 4 is 5.65 Å². The fraction of sp³-hybridized carbons (Fsp3) is 0.500. The topological polar surface area (TPSA) is 32.6 Å². The van der Waals surface area contributed by atoms with Gasteiger partial charge in [-0.3, -0.25) is 4.90 Å². The van der Waals surface area contributed by atoms with E-state index in [9.17, 15) is 0 Å². The summed E-state index contributed by atoms with van der Waals surface area (Å²) in [5.41, 5.74) is 3.47. The molecule has 0 radical (unpaired) electrons. The number of fused-ring (bicyclic) bond motifs is 1. The molecule has 0 aliphatic carbocycles. The highest BCUT2D eigenvalue weighted by Crippen LogP contribution is 2.10. The minimum atomic E-state index is 0.582. The molecular weight excluding hydrogens is 224 g/mol. The number of rotatable bonds is 2. The van der Waals surface area contributed by atoms with Crippen LogP contribution in [0, 0.1) is 6.92 Å². The van der Waals surface area contributed by atoms with Crippen molar-refractivity contribution in [2.75, 3.05) is 19.6 Å². The van der Waals surface area contributed by atoms with Crippen LogP contribution < -0.4 is 5.32 Å². The lowest BCUT2D eigenvalue weighted by atomic mass is 10.2. The first-order chi connectivity index (χ1) is 8.70. The summed E-state index contributed by atoms with van der Waals surface area (Å²) in [6, 6.07) is 4.77. The molecule has 0 amide bonds. The Kier molecular flexibility index (Phi) is 3.06. The predicted molar refractivity (Wildman–Crippen MR) is 72.7 cm³/mol. The number of pyridine rings is 1. The van der Waals surface area contributed by atoms with E-state index in [1.54, 1.807) is 0 Å². The quantitative estimate of drug-likeness (QED) is 0.867. The van der Waals surface area contributed by atoms with Crippen molar-refractivity contribution < 1.29 is 0 Å². The zero-order valence-corrected chi connectivity index (χ0v) is 11.1. The molecule has 1 atom stereocenters. The molecule has 1 unspecified atom stereocenters. The highest BCUT2D eigenvalue weighted by atomic mass is 15.2. The molecule has 1 aliphatic heterocycles. The molecule has 0 aromatic carbocycles. The largest absolute Gasteiger partial charge is 0.312 e. The van der Waals surface area contributed by atoms with Gasteiger partial charge in [0.1, 0.15) is 5.65 Å². The number of imidazole rings is 1. The Hall–Kier alpha value is -1.39. The number of hydrogen-bond donors (Lipinski definition) is 1. The van der Waals surface area contributed by atoms with Crippen LogP contribution in [0.25, 0.3) is 5.65 Å². The van der Waals surface area contributed by atoms with Gasteiger partial charge in [-0.1, -0.05) is 6.07 Å². The van der Waals surface area contributed by atoms with Crippen molar-refractivity contribution in [3.63, 3.8) is 0 Å². The number of aryl methyl sites for hydroxylation is 1. The van der Waals surface area contributed by atoms with Crippen LogP contribution in [0.4, 0.5) is 0 Å². The van der Waals surface area contributed by atoms with E-state index in [0.717, 1.165) is 37.5 Å². The molecule has 96 valence electrons. The van der Waals surface area contributed by atoms with Crippen molar-refractivity contribution in [1.82, 2.24) is 19.6 Å². The summed E-state index contributed by atoms with van der Waals surface area (Å²) in [4.78, 5) is 7.14. The van der Waals surface area contributed by atoms with Gasteiger partial charge < -0.3 is 9.72 Å². The summed E-state index contributed by atoms with van der Waals surface area (Å²) in [5.74, 6) is 0. The molecule has 2 aromatic rings. The highest BCUT2D eigenvalue weighted by molar-refractivity contribution is 5.41. The van der Waals surface area contributed by atoms with Gasteiger partial charge in [-0.05, 0) is 25.5 Å². The second kappa shape index (κ2) is 4.71. The molecule has 1 aliphatic rings. The van der Waals surface area contributed by atoms with Crippen molar-refractivity contribution in [1.29, 1.82) is 0 Å². The maximum Gasteiger partial charge on any atom is 0.137 e. The molecule has 1 fully saturated rings. The Labute approximate surface area is 108 Å². The smallest absolute Gasteiger partial charge is 0.137 e. The highest BCUT2D eigenvalue weighted by Gasteiger charge is 2.16. The molecule has 0 saturated carbocycles. The Morgan fingerprint density at radius 1 is 1.39 bits per heavy atom. The van der Waals surface area contributed by atoms with Crippen LogP contribution in [0.3, 0.4) is 0 Å². The lowest BCUT2D eigenvalue weighted by Crippen LogP contribution is -2.48. The molecule has 4 heteroatoms. The van der Waals surface area contributed by atoms with Crippen molar-refractivity contribution in [3.8, 4) is 0 Å². The van der Waals surface area contributed by atoms with Gasteiger partial charge in [0, 0.05) is 44.6 Å². The third-order valence-corrected chi connectivity index (χ3v) is 3.49.